The average molecular weight is 585 g/mol. The first kappa shape index (κ1) is 33.6. The number of carbonyl (C=O) groups is 1. The monoisotopic (exact) mass is 584 g/mol. The number of hydrogen-bond acceptors (Lipinski definition) is 2. The summed E-state index contributed by atoms with van der Waals surface area (Å²) in [5.74, 6) is 3.78. The summed E-state index contributed by atoms with van der Waals surface area (Å²) in [7, 11) is 0. The molecule has 2 heteroatoms. The molecule has 4 aliphatic carbocycles. The summed E-state index contributed by atoms with van der Waals surface area (Å²) in [6.45, 7) is 9.98. The van der Waals surface area contributed by atoms with Crippen LogP contribution < -0.4 is 0 Å². The third-order valence-corrected chi connectivity index (χ3v) is 14.1. The van der Waals surface area contributed by atoms with Gasteiger partial charge in [0.15, 0.2) is 5.12 Å². The third-order valence-electron chi connectivity index (χ3n) is 12.9. The van der Waals surface area contributed by atoms with E-state index in [9.17, 15) is 4.79 Å². The van der Waals surface area contributed by atoms with Crippen molar-refractivity contribution >= 4 is 16.9 Å². The van der Waals surface area contributed by atoms with Crippen molar-refractivity contribution in [1.82, 2.24) is 0 Å². The van der Waals surface area contributed by atoms with Gasteiger partial charge in [0, 0.05) is 11.7 Å². The molecule has 7 unspecified atom stereocenters. The molecule has 41 heavy (non-hydrogen) atoms. The van der Waals surface area contributed by atoms with Gasteiger partial charge in [0.25, 0.3) is 0 Å². The average Bonchev–Trinajstić information content (AvgIpc) is 3.30. The molecule has 0 aromatic carbocycles. The molecule has 4 rings (SSSR count). The van der Waals surface area contributed by atoms with Crippen LogP contribution in [0.15, 0.2) is 11.6 Å². The maximum Gasteiger partial charge on any atom is 0.189 e. The predicted octanol–water partition coefficient (Wildman–Crippen LogP) is 12.9. The van der Waals surface area contributed by atoms with Crippen LogP contribution in [0.2, 0.25) is 0 Å². The highest BCUT2D eigenvalue weighted by molar-refractivity contribution is 8.14. The van der Waals surface area contributed by atoms with Gasteiger partial charge in [0.2, 0.25) is 0 Å². The number of fused-ring (bicyclic) bond motifs is 5. The second-order valence-corrected chi connectivity index (χ2v) is 16.9. The van der Waals surface area contributed by atoms with Crippen LogP contribution in [-0.2, 0) is 4.79 Å². The van der Waals surface area contributed by atoms with E-state index in [1.165, 1.54) is 148 Å². The summed E-state index contributed by atoms with van der Waals surface area (Å²) in [6.07, 6.45) is 36.7. The van der Waals surface area contributed by atoms with E-state index in [1.54, 1.807) is 17.3 Å². The molecular formula is C39H68OS. The van der Waals surface area contributed by atoms with Crippen molar-refractivity contribution in [2.45, 2.75) is 193 Å². The Hall–Kier alpha value is -0.240. The number of allylic oxidation sites excluding steroid dienone is 2. The van der Waals surface area contributed by atoms with Crippen LogP contribution in [0.3, 0.4) is 0 Å². The van der Waals surface area contributed by atoms with Gasteiger partial charge in [-0.15, -0.1) is 0 Å². The minimum atomic E-state index is 0.416. The van der Waals surface area contributed by atoms with Crippen LogP contribution in [0.4, 0.5) is 0 Å². The van der Waals surface area contributed by atoms with Gasteiger partial charge in [-0.3, -0.25) is 4.79 Å². The molecule has 0 aromatic heterocycles. The van der Waals surface area contributed by atoms with Crippen molar-refractivity contribution in [1.29, 1.82) is 0 Å². The first-order chi connectivity index (χ1) is 19.9. The molecular weight excluding hydrogens is 516 g/mol. The molecule has 0 aromatic rings. The third kappa shape index (κ3) is 8.69. The standard InChI is InChI=1S/C39H68OS/c1-5-7-9-11-13-14-15-17-19-21-37(40)41-33-26-28-39(4)32(30-33)22-24-34-35-25-23-31(20-18-16-12-10-8-6-2)38(35,3)29-27-36(34)39/h22,31,33-36H,5-21,23-30H2,1-4H3. The summed E-state index contributed by atoms with van der Waals surface area (Å²) < 4.78 is 0. The number of carbonyl (C=O) groups excluding carboxylic acids is 1. The summed E-state index contributed by atoms with van der Waals surface area (Å²) >= 11 is 1.73. The fourth-order valence-electron chi connectivity index (χ4n) is 10.3. The van der Waals surface area contributed by atoms with E-state index in [0.717, 1.165) is 36.5 Å². The topological polar surface area (TPSA) is 17.1 Å². The summed E-state index contributed by atoms with van der Waals surface area (Å²) in [4.78, 5) is 12.9. The zero-order valence-corrected chi connectivity index (χ0v) is 28.8. The summed E-state index contributed by atoms with van der Waals surface area (Å²) in [5, 5.41) is 1.02. The van der Waals surface area contributed by atoms with Gasteiger partial charge in [0.05, 0.1) is 0 Å². The summed E-state index contributed by atoms with van der Waals surface area (Å²) in [6, 6.07) is 0. The lowest BCUT2D eigenvalue weighted by molar-refractivity contribution is -0.111. The zero-order chi connectivity index (χ0) is 29.1. The lowest BCUT2D eigenvalue weighted by Crippen LogP contribution is -2.50. The molecule has 0 N–H and O–H groups in total. The molecule has 7 atom stereocenters. The van der Waals surface area contributed by atoms with E-state index in [4.69, 9.17) is 0 Å². The van der Waals surface area contributed by atoms with E-state index in [1.807, 2.05) is 0 Å². The molecule has 3 saturated carbocycles. The second-order valence-electron chi connectivity index (χ2n) is 15.6. The number of unbranched alkanes of at least 4 members (excludes halogenated alkanes) is 13. The molecule has 0 heterocycles. The molecule has 0 saturated heterocycles. The Morgan fingerprint density at radius 3 is 2.07 bits per heavy atom. The Kier molecular flexibility index (Phi) is 13.7. The van der Waals surface area contributed by atoms with Crippen LogP contribution in [0.5, 0.6) is 0 Å². The quantitative estimate of drug-likeness (QED) is 0.118. The number of thioether (sulfide) groups is 1. The Morgan fingerprint density at radius 1 is 0.756 bits per heavy atom. The fourth-order valence-corrected chi connectivity index (χ4v) is 11.4. The smallest absolute Gasteiger partial charge is 0.189 e. The highest BCUT2D eigenvalue weighted by Crippen LogP contribution is 2.67. The fraction of sp³-hybridized carbons (Fsp3) is 0.923. The van der Waals surface area contributed by atoms with Crippen LogP contribution in [0.1, 0.15) is 188 Å². The summed E-state index contributed by atoms with van der Waals surface area (Å²) in [5.41, 5.74) is 2.78. The molecule has 0 amide bonds. The normalized spacial score (nSPS) is 34.5. The SMILES string of the molecule is CCCCCCCCCCCC(=O)SC1CCC2(C)C(=CCC3C2CCC2(C)C(CCCCCCCC)CCC32)C1. The van der Waals surface area contributed by atoms with E-state index in [-0.39, 0.29) is 0 Å². The Balaban J connectivity index is 1.20. The highest BCUT2D eigenvalue weighted by atomic mass is 32.2. The molecule has 0 radical (unpaired) electrons. The van der Waals surface area contributed by atoms with Crippen molar-refractivity contribution < 1.29 is 4.79 Å². The van der Waals surface area contributed by atoms with Crippen LogP contribution >= 0.6 is 11.8 Å². The van der Waals surface area contributed by atoms with Gasteiger partial charge in [-0.2, -0.15) is 0 Å². The van der Waals surface area contributed by atoms with Crippen molar-refractivity contribution in [3.05, 3.63) is 11.6 Å². The van der Waals surface area contributed by atoms with E-state index < -0.39 is 0 Å². The molecule has 0 aliphatic heterocycles. The highest BCUT2D eigenvalue weighted by Gasteiger charge is 2.58. The van der Waals surface area contributed by atoms with Crippen LogP contribution in [0.25, 0.3) is 0 Å². The zero-order valence-electron chi connectivity index (χ0n) is 28.0. The molecule has 0 spiro atoms. The van der Waals surface area contributed by atoms with Gasteiger partial charge >= 0.3 is 0 Å². The van der Waals surface area contributed by atoms with Crippen molar-refractivity contribution in [2.24, 2.45) is 34.5 Å². The minimum Gasteiger partial charge on any atom is -0.287 e. The van der Waals surface area contributed by atoms with Crippen molar-refractivity contribution in [2.75, 3.05) is 0 Å². The van der Waals surface area contributed by atoms with Gasteiger partial charge in [-0.25, -0.2) is 0 Å². The van der Waals surface area contributed by atoms with Gasteiger partial charge in [-0.05, 0) is 98.7 Å². The number of hydrogen-bond donors (Lipinski definition) is 0. The predicted molar refractivity (Wildman–Crippen MR) is 181 cm³/mol. The lowest BCUT2D eigenvalue weighted by atomic mass is 9.47. The Morgan fingerprint density at radius 2 is 1.39 bits per heavy atom. The van der Waals surface area contributed by atoms with Crippen LogP contribution in [-0.4, -0.2) is 10.4 Å². The van der Waals surface area contributed by atoms with E-state index in [0.29, 0.717) is 21.2 Å². The van der Waals surface area contributed by atoms with Gasteiger partial charge < -0.3 is 0 Å². The van der Waals surface area contributed by atoms with Crippen molar-refractivity contribution in [3.8, 4) is 0 Å². The maximum absolute atomic E-state index is 12.9. The lowest BCUT2D eigenvalue weighted by Gasteiger charge is -2.58. The van der Waals surface area contributed by atoms with Gasteiger partial charge in [0.1, 0.15) is 0 Å². The van der Waals surface area contributed by atoms with Gasteiger partial charge in [-0.1, -0.05) is 141 Å². The minimum absolute atomic E-state index is 0.416. The van der Waals surface area contributed by atoms with Crippen LogP contribution in [0, 0.1) is 34.5 Å². The van der Waals surface area contributed by atoms with Crippen molar-refractivity contribution in [3.63, 3.8) is 0 Å². The maximum atomic E-state index is 12.9. The molecule has 3 fully saturated rings. The first-order valence-electron chi connectivity index (χ1n) is 18.8. The molecule has 0 bridgehead atoms. The number of rotatable bonds is 18. The Labute approximate surface area is 260 Å². The molecule has 1 nitrogen and oxygen atoms in total. The first-order valence-corrected chi connectivity index (χ1v) is 19.7. The van der Waals surface area contributed by atoms with E-state index >= 15 is 0 Å². The Bertz CT molecular complexity index is 816. The van der Waals surface area contributed by atoms with E-state index in [2.05, 4.69) is 33.8 Å². The molecule has 4 aliphatic rings. The largest absolute Gasteiger partial charge is 0.287 e. The molecule has 236 valence electrons. The second kappa shape index (κ2) is 16.7.